The van der Waals surface area contributed by atoms with Gasteiger partial charge in [-0.05, 0) is 17.7 Å². The molecule has 2 unspecified atom stereocenters. The van der Waals surface area contributed by atoms with E-state index in [1.165, 1.54) is 18.2 Å². The van der Waals surface area contributed by atoms with Crippen LogP contribution in [0.15, 0.2) is 36.9 Å². The topological polar surface area (TPSA) is 46.2 Å². The maximum absolute atomic E-state index is 12.7. The van der Waals surface area contributed by atoms with Gasteiger partial charge in [-0.1, -0.05) is 18.2 Å². The largest absolute Gasteiger partial charge is 0.387 e. The van der Waals surface area contributed by atoms with Crippen molar-refractivity contribution in [2.75, 3.05) is 0 Å². The second-order valence-corrected chi connectivity index (χ2v) is 2.81. The van der Waals surface area contributed by atoms with Crippen LogP contribution in [0.4, 0.5) is 4.39 Å². The molecule has 2 atom stereocenters. The standard InChI is InChI=1S/C10H12FNO/c1-2-9(13)10(12)7-4-3-5-8(11)6-7/h2-6,9-10,13H,1,12H2. The molecule has 0 saturated carbocycles. The van der Waals surface area contributed by atoms with Gasteiger partial charge in [0.25, 0.3) is 0 Å². The van der Waals surface area contributed by atoms with Crippen LogP contribution in [-0.2, 0) is 0 Å². The third-order valence-corrected chi connectivity index (χ3v) is 1.84. The molecule has 0 bridgehead atoms. The number of hydrogen-bond donors (Lipinski definition) is 2. The molecule has 0 heterocycles. The van der Waals surface area contributed by atoms with Gasteiger partial charge in [-0.2, -0.15) is 0 Å². The Hall–Kier alpha value is -1.19. The van der Waals surface area contributed by atoms with E-state index in [1.54, 1.807) is 12.1 Å². The van der Waals surface area contributed by atoms with Crippen molar-refractivity contribution < 1.29 is 9.50 Å². The maximum atomic E-state index is 12.7. The summed E-state index contributed by atoms with van der Waals surface area (Å²) in [5, 5.41) is 9.31. The average molecular weight is 181 g/mol. The first kappa shape index (κ1) is 9.89. The number of rotatable bonds is 3. The van der Waals surface area contributed by atoms with Crippen LogP contribution in [0, 0.1) is 5.82 Å². The number of hydrogen-bond acceptors (Lipinski definition) is 2. The monoisotopic (exact) mass is 181 g/mol. The number of nitrogens with two attached hydrogens (primary N) is 1. The second kappa shape index (κ2) is 4.16. The molecule has 2 nitrogen and oxygen atoms in total. The zero-order chi connectivity index (χ0) is 9.84. The molecule has 1 rings (SSSR count). The molecule has 0 radical (unpaired) electrons. The molecule has 1 aromatic rings. The van der Waals surface area contributed by atoms with Gasteiger partial charge in [-0.3, -0.25) is 0 Å². The third-order valence-electron chi connectivity index (χ3n) is 1.84. The number of halogens is 1. The number of benzene rings is 1. The van der Waals surface area contributed by atoms with E-state index >= 15 is 0 Å². The van der Waals surface area contributed by atoms with Gasteiger partial charge in [0.05, 0.1) is 12.1 Å². The fourth-order valence-corrected chi connectivity index (χ4v) is 1.06. The lowest BCUT2D eigenvalue weighted by Gasteiger charge is -2.15. The zero-order valence-electron chi connectivity index (χ0n) is 7.15. The van der Waals surface area contributed by atoms with Gasteiger partial charge in [0, 0.05) is 0 Å². The first-order valence-corrected chi connectivity index (χ1v) is 3.97. The van der Waals surface area contributed by atoms with Crippen LogP contribution in [0.2, 0.25) is 0 Å². The van der Waals surface area contributed by atoms with Crippen molar-refractivity contribution in [2.24, 2.45) is 5.73 Å². The lowest BCUT2D eigenvalue weighted by atomic mass is 10.0. The highest BCUT2D eigenvalue weighted by Gasteiger charge is 2.13. The molecule has 0 amide bonds. The van der Waals surface area contributed by atoms with Crippen molar-refractivity contribution in [3.05, 3.63) is 48.3 Å². The van der Waals surface area contributed by atoms with Crippen LogP contribution in [0.25, 0.3) is 0 Å². The molecular weight excluding hydrogens is 169 g/mol. The van der Waals surface area contributed by atoms with Gasteiger partial charge in [-0.25, -0.2) is 4.39 Å². The van der Waals surface area contributed by atoms with Crippen LogP contribution >= 0.6 is 0 Å². The molecule has 1 aromatic carbocycles. The normalized spacial score (nSPS) is 15.0. The molecular formula is C10H12FNO. The Kier molecular flexibility index (Phi) is 3.17. The highest BCUT2D eigenvalue weighted by molar-refractivity contribution is 5.21. The van der Waals surface area contributed by atoms with E-state index in [2.05, 4.69) is 6.58 Å². The molecule has 70 valence electrons. The minimum Gasteiger partial charge on any atom is -0.387 e. The van der Waals surface area contributed by atoms with Crippen molar-refractivity contribution in [1.82, 2.24) is 0 Å². The quantitative estimate of drug-likeness (QED) is 0.692. The van der Waals surface area contributed by atoms with Gasteiger partial charge in [0.2, 0.25) is 0 Å². The molecule has 0 aliphatic rings. The van der Waals surface area contributed by atoms with Crippen molar-refractivity contribution in [3.8, 4) is 0 Å². The molecule has 3 N–H and O–H groups in total. The van der Waals surface area contributed by atoms with Crippen molar-refractivity contribution in [2.45, 2.75) is 12.1 Å². The zero-order valence-corrected chi connectivity index (χ0v) is 7.15. The molecule has 13 heavy (non-hydrogen) atoms. The lowest BCUT2D eigenvalue weighted by molar-refractivity contribution is 0.192. The lowest BCUT2D eigenvalue weighted by Crippen LogP contribution is -2.24. The van der Waals surface area contributed by atoms with Gasteiger partial charge in [0.1, 0.15) is 5.82 Å². The highest BCUT2D eigenvalue weighted by atomic mass is 19.1. The fourth-order valence-electron chi connectivity index (χ4n) is 1.06. The minimum atomic E-state index is -0.846. The molecule has 0 spiro atoms. The van der Waals surface area contributed by atoms with Gasteiger partial charge in [0.15, 0.2) is 0 Å². The SMILES string of the molecule is C=CC(O)C(N)c1cccc(F)c1. The summed E-state index contributed by atoms with van der Waals surface area (Å²) in [6.45, 7) is 3.41. The molecule has 0 aliphatic heterocycles. The van der Waals surface area contributed by atoms with Gasteiger partial charge >= 0.3 is 0 Å². The molecule has 0 aromatic heterocycles. The Morgan fingerprint density at radius 3 is 2.77 bits per heavy atom. The first-order chi connectivity index (χ1) is 6.15. The molecule has 3 heteroatoms. The van der Waals surface area contributed by atoms with Crippen LogP contribution in [0.5, 0.6) is 0 Å². The maximum Gasteiger partial charge on any atom is 0.123 e. The number of aliphatic hydroxyl groups excluding tert-OH is 1. The summed E-state index contributed by atoms with van der Waals surface area (Å²) < 4.78 is 12.7. The van der Waals surface area contributed by atoms with Crippen LogP contribution < -0.4 is 5.73 Å². The Bertz CT molecular complexity index is 301. The van der Waals surface area contributed by atoms with Crippen molar-refractivity contribution >= 4 is 0 Å². The van der Waals surface area contributed by atoms with Crippen molar-refractivity contribution in [1.29, 1.82) is 0 Å². The summed E-state index contributed by atoms with van der Waals surface area (Å²) in [6.07, 6.45) is 0.483. The minimum absolute atomic E-state index is 0.357. The smallest absolute Gasteiger partial charge is 0.123 e. The Morgan fingerprint density at radius 2 is 2.23 bits per heavy atom. The molecule has 0 saturated heterocycles. The van der Waals surface area contributed by atoms with E-state index in [4.69, 9.17) is 5.73 Å². The summed E-state index contributed by atoms with van der Waals surface area (Å²) in [6, 6.07) is 5.24. The molecule has 0 aliphatic carbocycles. The Morgan fingerprint density at radius 1 is 1.54 bits per heavy atom. The predicted molar refractivity (Wildman–Crippen MR) is 49.5 cm³/mol. The van der Waals surface area contributed by atoms with Crippen LogP contribution in [-0.4, -0.2) is 11.2 Å². The number of aliphatic hydroxyl groups is 1. The van der Waals surface area contributed by atoms with Gasteiger partial charge < -0.3 is 10.8 Å². The van der Waals surface area contributed by atoms with Gasteiger partial charge in [-0.15, -0.1) is 6.58 Å². The van der Waals surface area contributed by atoms with E-state index < -0.39 is 12.1 Å². The second-order valence-electron chi connectivity index (χ2n) is 2.81. The summed E-state index contributed by atoms with van der Waals surface area (Å²) in [5.74, 6) is -0.357. The summed E-state index contributed by atoms with van der Waals surface area (Å²) in [7, 11) is 0. The Balaban J connectivity index is 2.88. The van der Waals surface area contributed by atoms with E-state index in [0.717, 1.165) is 0 Å². The van der Waals surface area contributed by atoms with Crippen LogP contribution in [0.3, 0.4) is 0 Å². The van der Waals surface area contributed by atoms with Crippen LogP contribution in [0.1, 0.15) is 11.6 Å². The fraction of sp³-hybridized carbons (Fsp3) is 0.200. The van der Waals surface area contributed by atoms with E-state index in [0.29, 0.717) is 5.56 Å². The highest BCUT2D eigenvalue weighted by Crippen LogP contribution is 2.15. The summed E-state index contributed by atoms with van der Waals surface area (Å²) in [4.78, 5) is 0. The predicted octanol–water partition coefficient (Wildman–Crippen LogP) is 1.37. The van der Waals surface area contributed by atoms with E-state index in [9.17, 15) is 9.50 Å². The summed E-state index contributed by atoms with van der Waals surface area (Å²) in [5.41, 5.74) is 6.19. The van der Waals surface area contributed by atoms with Crippen molar-refractivity contribution in [3.63, 3.8) is 0 Å². The Labute approximate surface area is 76.5 Å². The van der Waals surface area contributed by atoms with E-state index in [1.807, 2.05) is 0 Å². The summed E-state index contributed by atoms with van der Waals surface area (Å²) >= 11 is 0. The first-order valence-electron chi connectivity index (χ1n) is 3.97. The average Bonchev–Trinajstić information content (AvgIpc) is 2.15. The molecule has 0 fully saturated rings. The van der Waals surface area contributed by atoms with E-state index in [-0.39, 0.29) is 5.82 Å². The third kappa shape index (κ3) is 2.37.